The molecule has 10 heteroatoms. The van der Waals surface area contributed by atoms with Gasteiger partial charge in [-0.25, -0.2) is 8.42 Å². The van der Waals surface area contributed by atoms with E-state index >= 15 is 0 Å². The number of halogens is 1. The van der Waals surface area contributed by atoms with Gasteiger partial charge >= 0.3 is 0 Å². The molecule has 0 spiro atoms. The maximum absolute atomic E-state index is 14.7. The number of carbonyl (C=O) groups is 2. The summed E-state index contributed by atoms with van der Waals surface area (Å²) in [6.45, 7) is 1.56. The minimum Gasteiger partial charge on any atom is -0.497 e. The third-order valence-corrected chi connectivity index (χ3v) is 10.8. The Bertz CT molecular complexity index is 1760. The first-order chi connectivity index (χ1) is 23.1. The molecule has 4 aromatic rings. The van der Waals surface area contributed by atoms with Crippen LogP contribution in [0, 0.1) is 6.92 Å². The molecule has 1 atom stereocenters. The minimum absolute atomic E-state index is 0.00740. The summed E-state index contributed by atoms with van der Waals surface area (Å²) in [6.07, 6.45) is 5.27. The van der Waals surface area contributed by atoms with Gasteiger partial charge in [-0.3, -0.25) is 13.9 Å². The van der Waals surface area contributed by atoms with Crippen molar-refractivity contribution in [1.29, 1.82) is 0 Å². The first-order valence-electron chi connectivity index (χ1n) is 16.3. The molecule has 1 aliphatic carbocycles. The lowest BCUT2D eigenvalue weighted by molar-refractivity contribution is -0.140. The number of sulfonamides is 1. The summed E-state index contributed by atoms with van der Waals surface area (Å²) in [5.74, 6) is -0.260. The molecule has 1 saturated carbocycles. The van der Waals surface area contributed by atoms with E-state index < -0.39 is 28.5 Å². The summed E-state index contributed by atoms with van der Waals surface area (Å²) >= 11 is 6.17. The maximum atomic E-state index is 14.7. The fraction of sp³-hybridized carbons (Fsp3) is 0.316. The summed E-state index contributed by atoms with van der Waals surface area (Å²) in [6, 6.07) is 28.8. The van der Waals surface area contributed by atoms with Crippen LogP contribution in [-0.4, -0.2) is 50.9 Å². The number of rotatable bonds is 13. The summed E-state index contributed by atoms with van der Waals surface area (Å²) in [5.41, 5.74) is 3.05. The molecule has 0 heterocycles. The maximum Gasteiger partial charge on any atom is 0.264 e. The number of methoxy groups -OCH3 is 1. The molecule has 0 aliphatic heterocycles. The van der Waals surface area contributed by atoms with Gasteiger partial charge in [0.05, 0.1) is 17.7 Å². The van der Waals surface area contributed by atoms with Crippen LogP contribution in [-0.2, 0) is 32.6 Å². The van der Waals surface area contributed by atoms with Crippen LogP contribution in [0.4, 0.5) is 5.69 Å². The molecule has 0 radical (unpaired) electrons. The van der Waals surface area contributed by atoms with Gasteiger partial charge in [0.15, 0.2) is 0 Å². The number of aryl methyl sites for hydroxylation is 1. The van der Waals surface area contributed by atoms with Crippen LogP contribution in [0.25, 0.3) is 0 Å². The third-order valence-electron chi connectivity index (χ3n) is 8.74. The number of nitrogens with zero attached hydrogens (tertiary/aromatic N) is 2. The number of ether oxygens (including phenoxy) is 1. The second kappa shape index (κ2) is 16.2. The Hall–Kier alpha value is -4.34. The molecular formula is C38H42ClN3O5S. The number of anilines is 1. The van der Waals surface area contributed by atoms with Gasteiger partial charge in [-0.05, 0) is 79.4 Å². The van der Waals surface area contributed by atoms with Crippen molar-refractivity contribution in [1.82, 2.24) is 10.2 Å². The minimum atomic E-state index is -4.24. The average molecular weight is 688 g/mol. The predicted octanol–water partition coefficient (Wildman–Crippen LogP) is 6.94. The van der Waals surface area contributed by atoms with E-state index in [9.17, 15) is 18.0 Å². The highest BCUT2D eigenvalue weighted by molar-refractivity contribution is 7.92. The molecule has 5 rings (SSSR count). The Kier molecular flexibility index (Phi) is 11.8. The number of carbonyl (C=O) groups excluding carboxylic acids is 2. The SMILES string of the molecule is COc1ccc(S(=O)(=O)N(CC(=O)N(Cc2ccc(C)cc2)[C@@H](Cc2ccccc2)C(=O)NC2CCCCC2)c2ccc(Cl)cc2)cc1. The van der Waals surface area contributed by atoms with Crippen molar-refractivity contribution in [2.24, 2.45) is 0 Å². The number of benzene rings is 4. The van der Waals surface area contributed by atoms with Gasteiger partial charge in [-0.2, -0.15) is 0 Å². The third kappa shape index (κ3) is 8.96. The molecule has 0 saturated heterocycles. The molecule has 2 amide bonds. The normalized spacial score (nSPS) is 14.1. The molecule has 48 heavy (non-hydrogen) atoms. The summed E-state index contributed by atoms with van der Waals surface area (Å²) in [5, 5.41) is 3.66. The Labute approximate surface area is 288 Å². The van der Waals surface area contributed by atoms with Crippen molar-refractivity contribution in [3.63, 3.8) is 0 Å². The van der Waals surface area contributed by atoms with E-state index in [-0.39, 0.29) is 35.5 Å². The van der Waals surface area contributed by atoms with E-state index in [1.165, 1.54) is 24.1 Å². The summed E-state index contributed by atoms with van der Waals surface area (Å²) in [4.78, 5) is 30.4. The van der Waals surface area contributed by atoms with Crippen molar-refractivity contribution in [2.45, 2.75) is 69.0 Å². The van der Waals surface area contributed by atoms with Crippen LogP contribution in [0.2, 0.25) is 5.02 Å². The molecule has 8 nitrogen and oxygen atoms in total. The van der Waals surface area contributed by atoms with Gasteiger partial charge in [-0.1, -0.05) is 91.0 Å². The standard InChI is InChI=1S/C38H42ClN3O5S/c1-28-13-15-30(16-14-28)26-41(36(25-29-9-5-3-6-10-29)38(44)40-32-11-7-4-8-12-32)37(43)27-42(33-19-17-31(39)18-20-33)48(45,46)35-23-21-34(47-2)22-24-35/h3,5-6,9-10,13-24,32,36H,4,7-8,11-12,25-27H2,1-2H3,(H,40,44)/t36-/m0/s1. The molecule has 252 valence electrons. The van der Waals surface area contributed by atoms with E-state index in [1.54, 1.807) is 36.4 Å². The molecule has 0 bridgehead atoms. The number of hydrogen-bond acceptors (Lipinski definition) is 5. The van der Waals surface area contributed by atoms with E-state index in [0.717, 1.165) is 53.1 Å². The van der Waals surface area contributed by atoms with Gasteiger partial charge in [0, 0.05) is 24.0 Å². The van der Waals surface area contributed by atoms with Gasteiger partial charge < -0.3 is 15.0 Å². The Morgan fingerprint density at radius 1 is 0.854 bits per heavy atom. The Morgan fingerprint density at radius 3 is 2.12 bits per heavy atom. The zero-order valence-corrected chi connectivity index (χ0v) is 28.9. The molecule has 0 unspecified atom stereocenters. The monoisotopic (exact) mass is 687 g/mol. The number of hydrogen-bond donors (Lipinski definition) is 1. The molecular weight excluding hydrogens is 646 g/mol. The van der Waals surface area contributed by atoms with Crippen LogP contribution in [0.15, 0.2) is 108 Å². The first kappa shape index (κ1) is 35.0. The molecule has 1 N–H and O–H groups in total. The summed E-state index contributed by atoms with van der Waals surface area (Å²) in [7, 11) is -2.74. The zero-order chi connectivity index (χ0) is 34.1. The van der Waals surface area contributed by atoms with Crippen LogP contribution in [0.3, 0.4) is 0 Å². The van der Waals surface area contributed by atoms with E-state index in [1.807, 2.05) is 61.5 Å². The quantitative estimate of drug-likeness (QED) is 0.164. The number of nitrogens with one attached hydrogen (secondary N) is 1. The fourth-order valence-electron chi connectivity index (χ4n) is 6.00. The van der Waals surface area contributed by atoms with Crippen molar-refractivity contribution >= 4 is 39.1 Å². The molecule has 1 aliphatic rings. The topological polar surface area (TPSA) is 96.0 Å². The fourth-order valence-corrected chi connectivity index (χ4v) is 7.54. The molecule has 1 fully saturated rings. The van der Waals surface area contributed by atoms with Crippen LogP contribution >= 0.6 is 11.6 Å². The van der Waals surface area contributed by atoms with E-state index in [4.69, 9.17) is 16.3 Å². The average Bonchev–Trinajstić information content (AvgIpc) is 3.10. The molecule has 4 aromatic carbocycles. The van der Waals surface area contributed by atoms with Crippen LogP contribution < -0.4 is 14.4 Å². The van der Waals surface area contributed by atoms with Gasteiger partial charge in [0.25, 0.3) is 10.0 Å². The Morgan fingerprint density at radius 2 is 1.50 bits per heavy atom. The molecule has 0 aromatic heterocycles. The Balaban J connectivity index is 1.55. The first-order valence-corrected chi connectivity index (χ1v) is 18.1. The van der Waals surface area contributed by atoms with Gasteiger partial charge in [-0.15, -0.1) is 0 Å². The summed E-state index contributed by atoms with van der Waals surface area (Å²) < 4.78 is 34.8. The van der Waals surface area contributed by atoms with E-state index in [0.29, 0.717) is 10.8 Å². The lowest BCUT2D eigenvalue weighted by atomic mass is 9.94. The van der Waals surface area contributed by atoms with Crippen molar-refractivity contribution in [3.8, 4) is 5.75 Å². The lowest BCUT2D eigenvalue weighted by Gasteiger charge is -2.35. The van der Waals surface area contributed by atoms with Gasteiger partial charge in [0.2, 0.25) is 11.8 Å². The highest BCUT2D eigenvalue weighted by Crippen LogP contribution is 2.28. The van der Waals surface area contributed by atoms with Crippen molar-refractivity contribution < 1.29 is 22.7 Å². The smallest absolute Gasteiger partial charge is 0.264 e. The van der Waals surface area contributed by atoms with Crippen LogP contribution in [0.1, 0.15) is 48.8 Å². The van der Waals surface area contributed by atoms with Crippen molar-refractivity contribution in [2.75, 3.05) is 18.0 Å². The highest BCUT2D eigenvalue weighted by atomic mass is 35.5. The van der Waals surface area contributed by atoms with Gasteiger partial charge in [0.1, 0.15) is 18.3 Å². The largest absolute Gasteiger partial charge is 0.497 e. The lowest BCUT2D eigenvalue weighted by Crippen LogP contribution is -2.55. The predicted molar refractivity (Wildman–Crippen MR) is 190 cm³/mol. The van der Waals surface area contributed by atoms with E-state index in [2.05, 4.69) is 5.32 Å². The van der Waals surface area contributed by atoms with Crippen molar-refractivity contribution in [3.05, 3.63) is 125 Å². The number of amides is 2. The second-order valence-corrected chi connectivity index (χ2v) is 14.5. The highest BCUT2D eigenvalue weighted by Gasteiger charge is 2.35. The zero-order valence-electron chi connectivity index (χ0n) is 27.3. The van der Waals surface area contributed by atoms with Crippen LogP contribution in [0.5, 0.6) is 5.75 Å². The second-order valence-electron chi connectivity index (χ2n) is 12.2.